The average molecular weight is 376 g/mol. The van der Waals surface area contributed by atoms with E-state index >= 15 is 0 Å². The van der Waals surface area contributed by atoms with E-state index in [1.165, 1.54) is 11.8 Å². The van der Waals surface area contributed by atoms with Crippen LogP contribution >= 0.6 is 0 Å². The van der Waals surface area contributed by atoms with Crippen LogP contribution in [0.5, 0.6) is 0 Å². The highest BCUT2D eigenvalue weighted by Crippen LogP contribution is 2.40. The molecule has 148 valence electrons. The van der Waals surface area contributed by atoms with Crippen molar-refractivity contribution in [1.82, 2.24) is 4.90 Å². The van der Waals surface area contributed by atoms with E-state index < -0.39 is 35.3 Å². The van der Waals surface area contributed by atoms with E-state index in [9.17, 15) is 19.5 Å². The van der Waals surface area contributed by atoms with Gasteiger partial charge >= 0.3 is 11.9 Å². The Balaban J connectivity index is 2.40. The number of rotatable bonds is 8. The highest BCUT2D eigenvalue weighted by molar-refractivity contribution is 5.94. The van der Waals surface area contributed by atoms with Gasteiger partial charge in [0.15, 0.2) is 5.54 Å². The van der Waals surface area contributed by atoms with Crippen LogP contribution in [0.1, 0.15) is 38.7 Å². The first-order valence-electron chi connectivity index (χ1n) is 9.35. The zero-order valence-electron chi connectivity index (χ0n) is 15.9. The Bertz CT molecular complexity index is 676. The summed E-state index contributed by atoms with van der Waals surface area (Å²) in [5.74, 6) is -3.18. The van der Waals surface area contributed by atoms with Crippen LogP contribution in [-0.4, -0.2) is 52.6 Å². The molecule has 1 aromatic rings. The normalized spacial score (nSPS) is 21.5. The fraction of sp³-hybridized carbons (Fsp3) is 0.550. The molecule has 0 spiro atoms. The van der Waals surface area contributed by atoms with Gasteiger partial charge in [0.1, 0.15) is 0 Å². The van der Waals surface area contributed by atoms with Gasteiger partial charge in [0, 0.05) is 6.54 Å². The summed E-state index contributed by atoms with van der Waals surface area (Å²) in [6.07, 6.45) is 1.50. The number of carbonyl (C=O) groups excluding carboxylic acids is 2. The van der Waals surface area contributed by atoms with Crippen LogP contribution in [0.25, 0.3) is 0 Å². The second-order valence-electron chi connectivity index (χ2n) is 6.94. The number of carboxylic acid groups (broad SMARTS) is 1. The lowest BCUT2D eigenvalue weighted by atomic mass is 9.77. The minimum Gasteiger partial charge on any atom is -0.479 e. The van der Waals surface area contributed by atoms with E-state index in [2.05, 4.69) is 0 Å². The number of carboxylic acids is 1. The summed E-state index contributed by atoms with van der Waals surface area (Å²) < 4.78 is 5.20. The number of nitrogens with two attached hydrogens (primary N) is 1. The Kier molecular flexibility index (Phi) is 6.96. The second-order valence-corrected chi connectivity index (χ2v) is 6.94. The number of aryl methyl sites for hydroxylation is 1. The molecule has 1 amide bonds. The number of ether oxygens (including phenoxy) is 1. The zero-order chi connectivity index (χ0) is 20.0. The van der Waals surface area contributed by atoms with Gasteiger partial charge in [0.25, 0.3) is 0 Å². The Morgan fingerprint density at radius 1 is 1.30 bits per heavy atom. The number of nitrogens with zero attached hydrogens (tertiary/aromatic N) is 1. The van der Waals surface area contributed by atoms with Gasteiger partial charge < -0.3 is 20.5 Å². The van der Waals surface area contributed by atoms with Crippen LogP contribution in [-0.2, 0) is 25.5 Å². The van der Waals surface area contributed by atoms with E-state index in [-0.39, 0.29) is 26.0 Å². The largest absolute Gasteiger partial charge is 0.479 e. The Labute approximate surface area is 159 Å². The van der Waals surface area contributed by atoms with Crippen molar-refractivity contribution < 1.29 is 24.2 Å². The molecular weight excluding hydrogens is 348 g/mol. The molecule has 0 aliphatic carbocycles. The van der Waals surface area contributed by atoms with Gasteiger partial charge in [0.05, 0.1) is 18.6 Å². The summed E-state index contributed by atoms with van der Waals surface area (Å²) in [6.45, 7) is 3.63. The van der Waals surface area contributed by atoms with Gasteiger partial charge in [-0.15, -0.1) is 0 Å². The lowest BCUT2D eigenvalue weighted by Crippen LogP contribution is -2.62. The second kappa shape index (κ2) is 8.99. The third-order valence-electron chi connectivity index (χ3n) is 5.16. The van der Waals surface area contributed by atoms with E-state index in [0.29, 0.717) is 12.8 Å². The minimum absolute atomic E-state index is 0.150. The number of esters is 1. The van der Waals surface area contributed by atoms with Crippen LogP contribution in [0.3, 0.4) is 0 Å². The van der Waals surface area contributed by atoms with Gasteiger partial charge in [-0.2, -0.15) is 0 Å². The summed E-state index contributed by atoms with van der Waals surface area (Å²) in [7, 11) is 0. The van der Waals surface area contributed by atoms with E-state index in [0.717, 1.165) is 5.56 Å². The Morgan fingerprint density at radius 2 is 1.96 bits per heavy atom. The van der Waals surface area contributed by atoms with Gasteiger partial charge in [-0.1, -0.05) is 30.3 Å². The fourth-order valence-electron chi connectivity index (χ4n) is 3.88. The molecule has 1 aliphatic rings. The van der Waals surface area contributed by atoms with Crippen LogP contribution < -0.4 is 5.73 Å². The highest BCUT2D eigenvalue weighted by Gasteiger charge is 2.58. The summed E-state index contributed by atoms with van der Waals surface area (Å²) in [4.78, 5) is 39.0. The molecule has 0 bridgehead atoms. The van der Waals surface area contributed by atoms with Crippen molar-refractivity contribution in [2.75, 3.05) is 13.2 Å². The molecule has 1 fully saturated rings. The SMILES string of the molecule is CCOC(=O)[C@@H](CCc1ccccc1)[C@@]1(C(=O)O)CCCN1C(=O)[C@H](C)N. The molecule has 1 aromatic carbocycles. The van der Waals surface area contributed by atoms with Crippen molar-refractivity contribution in [3.05, 3.63) is 35.9 Å². The van der Waals surface area contributed by atoms with Gasteiger partial charge in [0.2, 0.25) is 5.91 Å². The third-order valence-corrected chi connectivity index (χ3v) is 5.16. The number of hydrogen-bond donors (Lipinski definition) is 2. The molecule has 0 unspecified atom stereocenters. The van der Waals surface area contributed by atoms with Crippen molar-refractivity contribution in [3.8, 4) is 0 Å². The van der Waals surface area contributed by atoms with E-state index in [1.54, 1.807) is 6.92 Å². The van der Waals surface area contributed by atoms with Crippen LogP contribution in [0.15, 0.2) is 30.3 Å². The van der Waals surface area contributed by atoms with Gasteiger partial charge in [-0.3, -0.25) is 9.59 Å². The number of amides is 1. The maximum absolute atomic E-state index is 12.7. The molecule has 27 heavy (non-hydrogen) atoms. The lowest BCUT2D eigenvalue weighted by molar-refractivity contribution is -0.170. The molecule has 7 heteroatoms. The summed E-state index contributed by atoms with van der Waals surface area (Å²) >= 11 is 0. The molecule has 1 aliphatic heterocycles. The minimum atomic E-state index is -1.62. The average Bonchev–Trinajstić information content (AvgIpc) is 3.08. The van der Waals surface area contributed by atoms with Crippen molar-refractivity contribution in [2.24, 2.45) is 11.7 Å². The third kappa shape index (κ3) is 4.30. The predicted octanol–water partition coefficient (Wildman–Crippen LogP) is 1.59. The lowest BCUT2D eigenvalue weighted by Gasteiger charge is -2.40. The number of aliphatic carboxylic acids is 1. The van der Waals surface area contributed by atoms with Crippen LogP contribution in [0, 0.1) is 5.92 Å². The maximum Gasteiger partial charge on any atom is 0.330 e. The molecule has 3 atom stereocenters. The molecule has 7 nitrogen and oxygen atoms in total. The standard InChI is InChI=1S/C20H28N2O5/c1-3-27-18(24)16(11-10-15-8-5-4-6-9-15)20(19(25)26)12-7-13-22(20)17(23)14(2)21/h4-6,8-9,14,16H,3,7,10-13,21H2,1-2H3,(H,25,26)/t14-,16+,20+/m0/s1. The Hall–Kier alpha value is -2.41. The molecule has 3 N–H and O–H groups in total. The van der Waals surface area contributed by atoms with Crippen LogP contribution in [0.2, 0.25) is 0 Å². The topological polar surface area (TPSA) is 110 Å². The molecule has 1 heterocycles. The van der Waals surface area contributed by atoms with Crippen LogP contribution in [0.4, 0.5) is 0 Å². The summed E-state index contributed by atoms with van der Waals surface area (Å²) in [5.41, 5.74) is 5.11. The first-order chi connectivity index (χ1) is 12.8. The molecule has 0 radical (unpaired) electrons. The quantitative estimate of drug-likeness (QED) is 0.667. The highest BCUT2D eigenvalue weighted by atomic mass is 16.5. The van der Waals surface area contributed by atoms with Gasteiger partial charge in [-0.05, 0) is 45.1 Å². The van der Waals surface area contributed by atoms with E-state index in [1.807, 2.05) is 30.3 Å². The first-order valence-corrected chi connectivity index (χ1v) is 9.35. The van der Waals surface area contributed by atoms with Crippen molar-refractivity contribution in [2.45, 2.75) is 51.1 Å². The molecule has 1 saturated heterocycles. The van der Waals surface area contributed by atoms with Crippen molar-refractivity contribution in [1.29, 1.82) is 0 Å². The summed E-state index contributed by atoms with van der Waals surface area (Å²) in [6, 6.07) is 8.70. The summed E-state index contributed by atoms with van der Waals surface area (Å²) in [5, 5.41) is 10.1. The number of likely N-dealkylation sites (tertiary alicyclic amines) is 1. The maximum atomic E-state index is 12.7. The fourth-order valence-corrected chi connectivity index (χ4v) is 3.88. The number of benzene rings is 1. The molecule has 0 aromatic heterocycles. The zero-order valence-corrected chi connectivity index (χ0v) is 15.9. The van der Waals surface area contributed by atoms with Crippen molar-refractivity contribution >= 4 is 17.8 Å². The van der Waals surface area contributed by atoms with E-state index in [4.69, 9.17) is 10.5 Å². The first kappa shape index (κ1) is 20.9. The predicted molar refractivity (Wildman–Crippen MR) is 99.8 cm³/mol. The molecule has 2 rings (SSSR count). The monoisotopic (exact) mass is 376 g/mol. The smallest absolute Gasteiger partial charge is 0.330 e. The molecule has 0 saturated carbocycles. The number of carbonyl (C=O) groups is 3. The van der Waals surface area contributed by atoms with Gasteiger partial charge in [-0.25, -0.2) is 4.79 Å². The number of hydrogen-bond acceptors (Lipinski definition) is 5. The van der Waals surface area contributed by atoms with Crippen molar-refractivity contribution in [3.63, 3.8) is 0 Å². The molecular formula is C20H28N2O5. The Morgan fingerprint density at radius 3 is 2.52 bits per heavy atom.